The molecule has 7 heteroatoms. The average Bonchev–Trinajstić information content (AvgIpc) is 2.11. The maximum atomic E-state index is 11.4. The minimum atomic E-state index is -4.20. The SMILES string of the molecule is CCC(N)(CC)C(=O)NCP(=O)(O)O. The van der Waals surface area contributed by atoms with Gasteiger partial charge in [0.2, 0.25) is 5.91 Å². The molecule has 0 fully saturated rings. The molecule has 0 unspecified atom stereocenters. The van der Waals surface area contributed by atoms with Crippen LogP contribution < -0.4 is 11.1 Å². The van der Waals surface area contributed by atoms with Crippen LogP contribution in [0.3, 0.4) is 0 Å². The summed E-state index contributed by atoms with van der Waals surface area (Å²) in [5.41, 5.74) is 4.67. The Bertz CT molecular complexity index is 246. The first-order chi connectivity index (χ1) is 6.25. The van der Waals surface area contributed by atoms with Crippen LogP contribution in [0.4, 0.5) is 0 Å². The smallest absolute Gasteiger partial charge is 0.343 e. The van der Waals surface area contributed by atoms with Gasteiger partial charge in [-0.2, -0.15) is 0 Å². The Labute approximate surface area is 83.0 Å². The molecule has 0 bridgehead atoms. The molecule has 0 aliphatic heterocycles. The van der Waals surface area contributed by atoms with E-state index < -0.39 is 25.3 Å². The van der Waals surface area contributed by atoms with E-state index in [1.54, 1.807) is 13.8 Å². The highest BCUT2D eigenvalue weighted by molar-refractivity contribution is 7.51. The molecular formula is C7H17N2O4P. The number of amides is 1. The van der Waals surface area contributed by atoms with Crippen LogP contribution in [0.5, 0.6) is 0 Å². The highest BCUT2D eigenvalue weighted by atomic mass is 31.2. The fraction of sp³-hybridized carbons (Fsp3) is 0.857. The molecule has 84 valence electrons. The maximum Gasteiger partial charge on any atom is 0.344 e. The molecule has 0 rings (SSSR count). The van der Waals surface area contributed by atoms with Crippen LogP contribution in [0.1, 0.15) is 26.7 Å². The number of nitrogens with one attached hydrogen (secondary N) is 1. The van der Waals surface area contributed by atoms with Gasteiger partial charge in [0, 0.05) is 0 Å². The van der Waals surface area contributed by atoms with Gasteiger partial charge in [-0.1, -0.05) is 13.8 Å². The lowest BCUT2D eigenvalue weighted by atomic mass is 9.93. The van der Waals surface area contributed by atoms with Crippen LogP contribution in [-0.2, 0) is 9.36 Å². The summed E-state index contributed by atoms with van der Waals surface area (Å²) in [6, 6.07) is 0. The van der Waals surface area contributed by atoms with Crippen LogP contribution in [0, 0.1) is 0 Å². The number of hydrogen-bond donors (Lipinski definition) is 4. The highest BCUT2D eigenvalue weighted by Gasteiger charge is 2.30. The van der Waals surface area contributed by atoms with Crippen molar-refractivity contribution in [3.05, 3.63) is 0 Å². The zero-order chi connectivity index (χ0) is 11.4. The Kier molecular flexibility index (Phi) is 4.74. The lowest BCUT2D eigenvalue weighted by molar-refractivity contribution is -0.126. The minimum Gasteiger partial charge on any atom is -0.343 e. The number of rotatable bonds is 5. The van der Waals surface area contributed by atoms with Crippen molar-refractivity contribution in [2.24, 2.45) is 5.73 Å². The van der Waals surface area contributed by atoms with E-state index in [2.05, 4.69) is 5.32 Å². The molecular weight excluding hydrogens is 207 g/mol. The molecule has 6 nitrogen and oxygen atoms in total. The second-order valence-electron chi connectivity index (χ2n) is 3.19. The van der Waals surface area contributed by atoms with Gasteiger partial charge in [0.05, 0.1) is 5.54 Å². The topological polar surface area (TPSA) is 113 Å². The molecule has 1 amide bonds. The Morgan fingerprint density at radius 2 is 1.86 bits per heavy atom. The van der Waals surface area contributed by atoms with Crippen LogP contribution in [-0.4, -0.2) is 27.5 Å². The monoisotopic (exact) mass is 224 g/mol. The zero-order valence-electron chi connectivity index (χ0n) is 8.36. The van der Waals surface area contributed by atoms with Gasteiger partial charge >= 0.3 is 7.60 Å². The van der Waals surface area contributed by atoms with Crippen molar-refractivity contribution in [2.75, 3.05) is 6.29 Å². The number of hydrogen-bond acceptors (Lipinski definition) is 3. The molecule has 14 heavy (non-hydrogen) atoms. The zero-order valence-corrected chi connectivity index (χ0v) is 9.25. The highest BCUT2D eigenvalue weighted by Crippen LogP contribution is 2.32. The quantitative estimate of drug-likeness (QED) is 0.481. The molecule has 0 aromatic rings. The molecule has 0 spiro atoms. The Balaban J connectivity index is 4.27. The largest absolute Gasteiger partial charge is 0.344 e. The maximum absolute atomic E-state index is 11.4. The van der Waals surface area contributed by atoms with Crippen molar-refractivity contribution in [1.29, 1.82) is 0 Å². The Hall–Kier alpha value is -0.420. The number of nitrogens with two attached hydrogens (primary N) is 1. The molecule has 0 atom stereocenters. The fourth-order valence-electron chi connectivity index (χ4n) is 0.922. The van der Waals surface area contributed by atoms with Gasteiger partial charge < -0.3 is 20.8 Å². The first-order valence-corrected chi connectivity index (χ1v) is 6.16. The summed E-state index contributed by atoms with van der Waals surface area (Å²) in [7, 11) is -4.20. The van der Waals surface area contributed by atoms with Crippen molar-refractivity contribution in [2.45, 2.75) is 32.2 Å². The van der Waals surface area contributed by atoms with Crippen LogP contribution in [0.2, 0.25) is 0 Å². The predicted molar refractivity (Wildman–Crippen MR) is 52.6 cm³/mol. The van der Waals surface area contributed by atoms with Crippen molar-refractivity contribution < 1.29 is 19.1 Å². The third kappa shape index (κ3) is 4.19. The standard InChI is InChI=1S/C7H17N2O4P/c1-3-7(8,4-2)6(10)9-5-14(11,12)13/h3-5,8H2,1-2H3,(H,9,10)(H2,11,12,13). The van der Waals surface area contributed by atoms with Crippen LogP contribution in [0.25, 0.3) is 0 Å². The molecule has 0 radical (unpaired) electrons. The second kappa shape index (κ2) is 4.89. The molecule has 0 saturated carbocycles. The summed E-state index contributed by atoms with van der Waals surface area (Å²) in [5.74, 6) is -0.522. The van der Waals surface area contributed by atoms with Gasteiger partial charge in [-0.15, -0.1) is 0 Å². The first kappa shape index (κ1) is 13.6. The predicted octanol–water partition coefficient (Wildman–Crippen LogP) is -0.245. The van der Waals surface area contributed by atoms with Gasteiger partial charge in [-0.25, -0.2) is 0 Å². The molecule has 0 heterocycles. The van der Waals surface area contributed by atoms with Crippen LogP contribution >= 0.6 is 7.60 Å². The average molecular weight is 224 g/mol. The van der Waals surface area contributed by atoms with Gasteiger partial charge in [0.1, 0.15) is 6.29 Å². The third-order valence-electron chi connectivity index (χ3n) is 2.16. The van der Waals surface area contributed by atoms with Gasteiger partial charge in [0.25, 0.3) is 0 Å². The summed E-state index contributed by atoms with van der Waals surface area (Å²) in [6.45, 7) is 3.50. The summed E-state index contributed by atoms with van der Waals surface area (Å²) >= 11 is 0. The Morgan fingerprint density at radius 1 is 1.43 bits per heavy atom. The molecule has 0 aliphatic rings. The molecule has 0 saturated heterocycles. The molecule has 0 aromatic heterocycles. The number of carbonyl (C=O) groups is 1. The molecule has 0 aliphatic carbocycles. The second-order valence-corrected chi connectivity index (χ2v) is 4.84. The lowest BCUT2D eigenvalue weighted by Gasteiger charge is -2.25. The lowest BCUT2D eigenvalue weighted by Crippen LogP contribution is -2.53. The van der Waals surface area contributed by atoms with E-state index in [0.29, 0.717) is 12.8 Å². The third-order valence-corrected chi connectivity index (χ3v) is 2.73. The Morgan fingerprint density at radius 3 is 2.14 bits per heavy atom. The van der Waals surface area contributed by atoms with E-state index >= 15 is 0 Å². The van der Waals surface area contributed by atoms with Gasteiger partial charge in [-0.05, 0) is 12.8 Å². The summed E-state index contributed by atoms with van der Waals surface area (Å²) < 4.78 is 10.5. The van der Waals surface area contributed by atoms with E-state index in [1.807, 2.05) is 0 Å². The van der Waals surface area contributed by atoms with E-state index in [4.69, 9.17) is 15.5 Å². The van der Waals surface area contributed by atoms with E-state index in [1.165, 1.54) is 0 Å². The first-order valence-electron chi connectivity index (χ1n) is 4.37. The summed E-state index contributed by atoms with van der Waals surface area (Å²) in [5, 5.41) is 2.14. The van der Waals surface area contributed by atoms with Crippen molar-refractivity contribution in [1.82, 2.24) is 5.32 Å². The normalized spacial score (nSPS) is 12.6. The van der Waals surface area contributed by atoms with Crippen molar-refractivity contribution >= 4 is 13.5 Å². The van der Waals surface area contributed by atoms with E-state index in [9.17, 15) is 9.36 Å². The van der Waals surface area contributed by atoms with Crippen molar-refractivity contribution in [3.8, 4) is 0 Å². The summed E-state index contributed by atoms with van der Waals surface area (Å²) in [4.78, 5) is 28.5. The van der Waals surface area contributed by atoms with Gasteiger partial charge in [-0.3, -0.25) is 9.36 Å². The van der Waals surface area contributed by atoms with E-state index in [-0.39, 0.29) is 0 Å². The fourth-order valence-corrected chi connectivity index (χ4v) is 1.27. The number of carbonyl (C=O) groups excluding carboxylic acids is 1. The minimum absolute atomic E-state index is 0.427. The molecule has 0 aromatic carbocycles. The van der Waals surface area contributed by atoms with Crippen molar-refractivity contribution in [3.63, 3.8) is 0 Å². The van der Waals surface area contributed by atoms with Gasteiger partial charge in [0.15, 0.2) is 0 Å². The summed E-state index contributed by atoms with van der Waals surface area (Å²) in [6.07, 6.45) is 0.192. The molecule has 5 N–H and O–H groups in total. The van der Waals surface area contributed by atoms with Crippen LogP contribution in [0.15, 0.2) is 0 Å². The van der Waals surface area contributed by atoms with E-state index in [0.717, 1.165) is 0 Å².